The molecule has 0 atom stereocenters. The molecule has 0 radical (unpaired) electrons. The average molecular weight is 300 g/mol. The first kappa shape index (κ1) is 14.0. The van der Waals surface area contributed by atoms with Crippen LogP contribution in [0.1, 0.15) is 16.8 Å². The summed E-state index contributed by atoms with van der Waals surface area (Å²) in [6.07, 6.45) is 1.81. The first-order chi connectivity index (χ1) is 11.4. The number of H-pyrrole nitrogens is 1. The number of rotatable bonds is 4. The van der Waals surface area contributed by atoms with Crippen LogP contribution in [0.2, 0.25) is 0 Å². The molecule has 4 rings (SSSR count). The lowest BCUT2D eigenvalue weighted by molar-refractivity contribution is 0.947. The van der Waals surface area contributed by atoms with Gasteiger partial charge in [0.15, 0.2) is 0 Å². The number of nitrogens with one attached hydrogen (secondary N) is 1. The molecule has 0 aliphatic heterocycles. The van der Waals surface area contributed by atoms with Crippen LogP contribution in [-0.2, 0) is 12.8 Å². The minimum absolute atomic E-state index is 0.671. The number of fused-ring (bicyclic) bond motifs is 2. The topological polar surface area (TPSA) is 41.8 Å². The Morgan fingerprint density at radius 1 is 0.783 bits per heavy atom. The molecule has 0 aliphatic carbocycles. The molecular formula is C21H20N2. The highest BCUT2D eigenvalue weighted by Crippen LogP contribution is 2.27. The zero-order valence-corrected chi connectivity index (χ0v) is 13.0. The molecule has 0 spiro atoms. The van der Waals surface area contributed by atoms with E-state index in [4.69, 9.17) is 5.73 Å². The van der Waals surface area contributed by atoms with Gasteiger partial charge in [0.25, 0.3) is 0 Å². The lowest BCUT2D eigenvalue weighted by Gasteiger charge is -2.08. The Kier molecular flexibility index (Phi) is 3.60. The summed E-state index contributed by atoms with van der Waals surface area (Å²) in [4.78, 5) is 3.61. The Balaban J connectivity index is 1.84. The lowest BCUT2D eigenvalue weighted by Crippen LogP contribution is -2.05. The molecule has 3 aromatic carbocycles. The van der Waals surface area contributed by atoms with Crippen LogP contribution in [0.3, 0.4) is 0 Å². The molecular weight excluding hydrogens is 280 g/mol. The molecule has 3 N–H and O–H groups in total. The van der Waals surface area contributed by atoms with E-state index in [0.717, 1.165) is 12.8 Å². The van der Waals surface area contributed by atoms with Gasteiger partial charge in [0, 0.05) is 23.0 Å². The van der Waals surface area contributed by atoms with Crippen LogP contribution < -0.4 is 5.73 Å². The highest BCUT2D eigenvalue weighted by Gasteiger charge is 2.12. The predicted molar refractivity (Wildman–Crippen MR) is 97.8 cm³/mol. The van der Waals surface area contributed by atoms with Gasteiger partial charge >= 0.3 is 0 Å². The van der Waals surface area contributed by atoms with Crippen molar-refractivity contribution < 1.29 is 0 Å². The number of hydrogen-bond donors (Lipinski definition) is 2. The summed E-state index contributed by atoms with van der Waals surface area (Å²) < 4.78 is 0. The van der Waals surface area contributed by atoms with Crippen molar-refractivity contribution >= 4 is 21.7 Å². The van der Waals surface area contributed by atoms with E-state index in [1.807, 2.05) is 0 Å². The second-order valence-corrected chi connectivity index (χ2v) is 5.98. The van der Waals surface area contributed by atoms with Gasteiger partial charge in [-0.15, -0.1) is 0 Å². The minimum Gasteiger partial charge on any atom is -0.358 e. The summed E-state index contributed by atoms with van der Waals surface area (Å²) in [5.41, 5.74) is 11.0. The Bertz CT molecular complexity index is 961. The maximum Gasteiger partial charge on any atom is 0.0459 e. The zero-order chi connectivity index (χ0) is 15.6. The largest absolute Gasteiger partial charge is 0.358 e. The quantitative estimate of drug-likeness (QED) is 0.576. The molecule has 1 heterocycles. The summed E-state index contributed by atoms with van der Waals surface area (Å²) in [6.45, 7) is 0.671. The van der Waals surface area contributed by atoms with Crippen molar-refractivity contribution in [1.29, 1.82) is 0 Å². The van der Waals surface area contributed by atoms with Crippen molar-refractivity contribution in [2.45, 2.75) is 12.8 Å². The number of nitrogens with two attached hydrogens (primary N) is 1. The zero-order valence-electron chi connectivity index (χ0n) is 13.0. The van der Waals surface area contributed by atoms with Crippen molar-refractivity contribution in [3.63, 3.8) is 0 Å². The van der Waals surface area contributed by atoms with Gasteiger partial charge in [0.05, 0.1) is 0 Å². The number of para-hydroxylation sites is 1. The fourth-order valence-electron chi connectivity index (χ4n) is 3.47. The molecule has 0 saturated carbocycles. The molecule has 4 aromatic rings. The van der Waals surface area contributed by atoms with E-state index >= 15 is 0 Å². The maximum atomic E-state index is 5.85. The van der Waals surface area contributed by atoms with Gasteiger partial charge in [-0.1, -0.05) is 60.7 Å². The summed E-state index contributed by atoms with van der Waals surface area (Å²) in [6, 6.07) is 23.6. The number of aromatic nitrogens is 1. The highest BCUT2D eigenvalue weighted by atomic mass is 14.7. The second kappa shape index (κ2) is 5.90. The van der Waals surface area contributed by atoms with Gasteiger partial charge in [0.2, 0.25) is 0 Å². The van der Waals surface area contributed by atoms with Crippen LogP contribution in [0, 0.1) is 0 Å². The monoisotopic (exact) mass is 300 g/mol. The molecule has 1 aromatic heterocycles. The maximum absolute atomic E-state index is 5.85. The summed E-state index contributed by atoms with van der Waals surface area (Å²) in [5, 5.41) is 3.92. The number of benzene rings is 3. The van der Waals surface area contributed by atoms with Crippen molar-refractivity contribution in [3.05, 3.63) is 83.6 Å². The van der Waals surface area contributed by atoms with Crippen LogP contribution in [0.4, 0.5) is 0 Å². The molecule has 114 valence electrons. The molecule has 0 aliphatic rings. The van der Waals surface area contributed by atoms with Gasteiger partial charge in [-0.3, -0.25) is 0 Å². The predicted octanol–water partition coefficient (Wildman–Crippen LogP) is 4.41. The SMILES string of the molecule is NCCc1c(Cc2cccc3ccccc23)[nH]c2ccccc12. The number of aromatic amines is 1. The fourth-order valence-corrected chi connectivity index (χ4v) is 3.47. The van der Waals surface area contributed by atoms with Crippen LogP contribution >= 0.6 is 0 Å². The van der Waals surface area contributed by atoms with Crippen LogP contribution in [0.5, 0.6) is 0 Å². The fraction of sp³-hybridized carbons (Fsp3) is 0.143. The third-order valence-electron chi connectivity index (χ3n) is 4.54. The van der Waals surface area contributed by atoms with Gasteiger partial charge < -0.3 is 10.7 Å². The molecule has 0 saturated heterocycles. The van der Waals surface area contributed by atoms with Crippen molar-refractivity contribution in [2.75, 3.05) is 6.54 Å². The smallest absolute Gasteiger partial charge is 0.0459 e. The Morgan fingerprint density at radius 3 is 2.39 bits per heavy atom. The van der Waals surface area contributed by atoms with E-state index < -0.39 is 0 Å². The van der Waals surface area contributed by atoms with Crippen molar-refractivity contribution in [3.8, 4) is 0 Å². The van der Waals surface area contributed by atoms with Crippen LogP contribution in [0.15, 0.2) is 66.7 Å². The third-order valence-corrected chi connectivity index (χ3v) is 4.54. The summed E-state index contributed by atoms with van der Waals surface area (Å²) in [5.74, 6) is 0. The first-order valence-electron chi connectivity index (χ1n) is 8.12. The summed E-state index contributed by atoms with van der Waals surface area (Å²) in [7, 11) is 0. The normalized spacial score (nSPS) is 11.3. The van der Waals surface area contributed by atoms with Crippen LogP contribution in [-0.4, -0.2) is 11.5 Å². The average Bonchev–Trinajstić information content (AvgIpc) is 2.93. The molecule has 0 unspecified atom stereocenters. The minimum atomic E-state index is 0.671. The Hall–Kier alpha value is -2.58. The van der Waals surface area contributed by atoms with Crippen LogP contribution in [0.25, 0.3) is 21.7 Å². The van der Waals surface area contributed by atoms with E-state index in [1.165, 1.54) is 38.5 Å². The van der Waals surface area contributed by atoms with Crippen molar-refractivity contribution in [1.82, 2.24) is 4.98 Å². The Morgan fingerprint density at radius 2 is 1.52 bits per heavy atom. The third kappa shape index (κ3) is 2.51. The first-order valence-corrected chi connectivity index (χ1v) is 8.12. The molecule has 0 amide bonds. The number of hydrogen-bond acceptors (Lipinski definition) is 1. The Labute approximate surface area is 135 Å². The van der Waals surface area contributed by atoms with Crippen molar-refractivity contribution in [2.24, 2.45) is 5.73 Å². The van der Waals surface area contributed by atoms with E-state index in [0.29, 0.717) is 6.54 Å². The van der Waals surface area contributed by atoms with Gasteiger partial charge in [-0.2, -0.15) is 0 Å². The molecule has 2 heteroatoms. The van der Waals surface area contributed by atoms with Gasteiger partial charge in [-0.25, -0.2) is 0 Å². The molecule has 23 heavy (non-hydrogen) atoms. The second-order valence-electron chi connectivity index (χ2n) is 5.98. The standard InChI is InChI=1S/C21H20N2/c22-13-12-19-18-10-3-4-11-20(18)23-21(19)14-16-8-5-7-15-6-1-2-9-17(15)16/h1-11,23H,12-14,22H2. The van der Waals surface area contributed by atoms with Gasteiger partial charge in [0.1, 0.15) is 0 Å². The summed E-state index contributed by atoms with van der Waals surface area (Å²) >= 11 is 0. The van der Waals surface area contributed by atoms with E-state index in [1.54, 1.807) is 0 Å². The molecule has 2 nitrogen and oxygen atoms in total. The lowest BCUT2D eigenvalue weighted by atomic mass is 9.98. The molecule has 0 bridgehead atoms. The van der Waals surface area contributed by atoms with E-state index in [2.05, 4.69) is 71.7 Å². The van der Waals surface area contributed by atoms with E-state index in [-0.39, 0.29) is 0 Å². The van der Waals surface area contributed by atoms with Gasteiger partial charge in [-0.05, 0) is 40.9 Å². The highest BCUT2D eigenvalue weighted by molar-refractivity contribution is 5.87. The van der Waals surface area contributed by atoms with E-state index in [9.17, 15) is 0 Å². The molecule has 0 fully saturated rings.